The Labute approximate surface area is 145 Å². The lowest BCUT2D eigenvalue weighted by molar-refractivity contribution is 0.506. The average molecular weight is 354 g/mol. The highest BCUT2D eigenvalue weighted by Crippen LogP contribution is 2.77. The van der Waals surface area contributed by atoms with Crippen LogP contribution < -0.4 is 4.52 Å². The second kappa shape index (κ2) is 8.56. The van der Waals surface area contributed by atoms with Crippen molar-refractivity contribution in [1.29, 1.82) is 5.26 Å². The fraction of sp³-hybridized carbons (Fsp3) is 0.500. The summed E-state index contributed by atoms with van der Waals surface area (Å²) in [7, 11) is -2.18. The van der Waals surface area contributed by atoms with E-state index in [1.165, 1.54) is 5.40 Å². The topological polar surface area (TPSA) is 45.4 Å². The highest BCUT2D eigenvalue weighted by molar-refractivity contribution is 7.79. The molecule has 0 amide bonds. The molecule has 1 aromatic carbocycles. The monoisotopic (exact) mass is 354 g/mol. The van der Waals surface area contributed by atoms with Gasteiger partial charge in [0.2, 0.25) is 0 Å². The minimum atomic E-state index is -2.18. The Hall–Kier alpha value is -1.04. The number of nitrogens with zero attached hydrogens (tertiary/aromatic N) is 2. The van der Waals surface area contributed by atoms with Gasteiger partial charge >= 0.3 is 7.64 Å². The van der Waals surface area contributed by atoms with E-state index in [0.29, 0.717) is 0 Å². The predicted molar refractivity (Wildman–Crippen MR) is 102 cm³/mol. The quantitative estimate of drug-likeness (QED) is 0.232. The second-order valence-corrected chi connectivity index (χ2v) is 11.2. The fourth-order valence-electron chi connectivity index (χ4n) is 2.29. The number of rotatable bonds is 3. The molecule has 0 saturated carbocycles. The molecule has 22 heavy (non-hydrogen) atoms. The van der Waals surface area contributed by atoms with Gasteiger partial charge in [-0.25, -0.2) is 5.26 Å². The third-order valence-corrected chi connectivity index (χ3v) is 7.70. The lowest BCUT2D eigenvalue weighted by Crippen LogP contribution is -2.35. The van der Waals surface area contributed by atoms with Crippen LogP contribution in [0.25, 0.3) is 0 Å². The molecule has 6 heteroatoms. The maximum atomic E-state index is 7.13. The van der Waals surface area contributed by atoms with Crippen molar-refractivity contribution in [2.45, 2.75) is 51.9 Å². The van der Waals surface area contributed by atoms with Crippen LogP contribution in [0.3, 0.4) is 0 Å². The van der Waals surface area contributed by atoms with Gasteiger partial charge in [-0.15, -0.1) is 0 Å². The smallest absolute Gasteiger partial charge is 0.328 e. The molecule has 0 heterocycles. The summed E-state index contributed by atoms with van der Waals surface area (Å²) < 4.78 is 10.9. The van der Waals surface area contributed by atoms with Crippen LogP contribution in [0.15, 0.2) is 35.1 Å². The molecule has 0 radical (unpaired) electrons. The van der Waals surface area contributed by atoms with Gasteiger partial charge in [-0.2, -0.15) is 0 Å². The van der Waals surface area contributed by atoms with Crippen LogP contribution in [0.5, 0.6) is 5.75 Å². The van der Waals surface area contributed by atoms with Crippen LogP contribution in [0.2, 0.25) is 0 Å². The molecule has 3 nitrogen and oxygen atoms in total. The van der Waals surface area contributed by atoms with E-state index in [1.807, 2.05) is 30.3 Å². The van der Waals surface area contributed by atoms with E-state index in [1.54, 1.807) is 0 Å². The van der Waals surface area contributed by atoms with E-state index in [-0.39, 0.29) is 10.3 Å². The molecule has 1 rings (SSSR count). The zero-order valence-corrected chi connectivity index (χ0v) is 16.5. The number of hydrogen-bond donors (Lipinski definition) is 0. The first-order valence-electron chi connectivity index (χ1n) is 6.80. The van der Waals surface area contributed by atoms with Gasteiger partial charge in [-0.1, -0.05) is 23.6 Å². The zero-order valence-electron chi connectivity index (χ0n) is 14.0. The minimum absolute atomic E-state index is 0.104. The largest absolute Gasteiger partial charge is 0.696 e. The molecule has 0 bridgehead atoms. The van der Waals surface area contributed by atoms with Crippen molar-refractivity contribution in [3.8, 4) is 11.2 Å². The molecule has 0 aliphatic rings. The molecule has 0 aliphatic carbocycles. The van der Waals surface area contributed by atoms with E-state index in [9.17, 15) is 0 Å². The number of thiocyanates is 1. The standard InChI is InChI=1S/C15H23NOPS.CHNS/c1-14(2,3)18(16-12-19,15(4,5)6)17-13-10-8-7-9-11-13;2-1-3/h7-11H,1-6H3;3H/q+1;/p-1. The summed E-state index contributed by atoms with van der Waals surface area (Å²) in [6.45, 7) is 12.9. The van der Waals surface area contributed by atoms with E-state index in [0.717, 1.165) is 5.75 Å². The van der Waals surface area contributed by atoms with Crippen molar-refractivity contribution in [2.75, 3.05) is 0 Å². The van der Waals surface area contributed by atoms with E-state index >= 15 is 0 Å². The van der Waals surface area contributed by atoms with Crippen LogP contribution in [0.1, 0.15) is 41.5 Å². The zero-order chi connectivity index (χ0) is 17.4. The molecular weight excluding hydrogens is 331 g/mol. The lowest BCUT2D eigenvalue weighted by Gasteiger charge is -2.39. The molecule has 0 fully saturated rings. The van der Waals surface area contributed by atoms with Crippen LogP contribution in [-0.2, 0) is 12.6 Å². The summed E-state index contributed by atoms with van der Waals surface area (Å²) in [4.78, 5) is 0. The normalized spacial score (nSPS) is 11.3. The van der Waals surface area contributed by atoms with Gasteiger partial charge in [0.15, 0.2) is 5.75 Å². The molecule has 0 saturated heterocycles. The molecule has 0 aliphatic heterocycles. The van der Waals surface area contributed by atoms with E-state index in [4.69, 9.17) is 22.0 Å². The Morgan fingerprint density at radius 1 is 1.09 bits per heavy atom. The Kier molecular flexibility index (Phi) is 8.15. The highest BCUT2D eigenvalue weighted by atomic mass is 32.1. The van der Waals surface area contributed by atoms with Crippen molar-refractivity contribution in [2.24, 2.45) is 4.76 Å². The Morgan fingerprint density at radius 3 is 1.82 bits per heavy atom. The van der Waals surface area contributed by atoms with Crippen LogP contribution >= 0.6 is 19.9 Å². The number of hydrogen-bond acceptors (Lipinski definition) is 5. The van der Waals surface area contributed by atoms with Crippen LogP contribution in [0, 0.1) is 10.7 Å². The van der Waals surface area contributed by atoms with Gasteiger partial charge in [0, 0.05) is 0 Å². The Morgan fingerprint density at radius 2 is 1.50 bits per heavy atom. The predicted octanol–water partition coefficient (Wildman–Crippen LogP) is 5.63. The SMILES string of the molecule is CC(C)(C)[P+](N=C=S)(Oc1ccccc1)C(C)(C)C.N#C[S-]. The Bertz CT molecular complexity index is 536. The first-order valence-corrected chi connectivity index (χ1v) is 9.28. The number of benzene rings is 1. The molecule has 0 N–H and O–H groups in total. The van der Waals surface area contributed by atoms with E-state index < -0.39 is 7.64 Å². The number of isothiocyanates is 1. The molecular formula is C16H23N2OPS2. The average Bonchev–Trinajstić information content (AvgIpc) is 2.37. The summed E-state index contributed by atoms with van der Waals surface area (Å²) in [6.07, 6.45) is 0. The van der Waals surface area contributed by atoms with Gasteiger partial charge < -0.3 is 17.2 Å². The Balaban J connectivity index is 0.00000135. The van der Waals surface area contributed by atoms with Crippen molar-refractivity contribution in [1.82, 2.24) is 0 Å². The van der Waals surface area contributed by atoms with Crippen LogP contribution in [0.4, 0.5) is 0 Å². The molecule has 0 atom stereocenters. The van der Waals surface area contributed by atoms with Crippen molar-refractivity contribution in [3.63, 3.8) is 0 Å². The number of nitriles is 1. The van der Waals surface area contributed by atoms with Gasteiger partial charge in [0.1, 0.15) is 15.5 Å². The van der Waals surface area contributed by atoms with Gasteiger partial charge in [0.25, 0.3) is 0 Å². The maximum Gasteiger partial charge on any atom is 0.328 e. The second-order valence-electron chi connectivity index (χ2n) is 6.60. The molecule has 1 aromatic rings. The molecule has 0 spiro atoms. The lowest BCUT2D eigenvalue weighted by atomic mass is 10.2. The van der Waals surface area contributed by atoms with Gasteiger partial charge in [0.05, 0.1) is 0 Å². The maximum absolute atomic E-state index is 7.13. The first-order chi connectivity index (χ1) is 10.1. The summed E-state index contributed by atoms with van der Waals surface area (Å²) in [5, 5.41) is 10.8. The number of thiocarbonyl (C=S) groups is 1. The highest BCUT2D eigenvalue weighted by Gasteiger charge is 2.63. The van der Waals surface area contributed by atoms with Crippen molar-refractivity contribution in [3.05, 3.63) is 30.3 Å². The summed E-state index contributed by atoms with van der Waals surface area (Å²) in [6, 6.07) is 9.84. The third-order valence-electron chi connectivity index (χ3n) is 2.98. The summed E-state index contributed by atoms with van der Waals surface area (Å²) in [5.41, 5.74) is 0. The molecule has 0 unspecified atom stereocenters. The van der Waals surface area contributed by atoms with E-state index in [2.05, 4.69) is 64.1 Å². The fourth-order valence-corrected chi connectivity index (χ4v) is 6.38. The van der Waals surface area contributed by atoms with Crippen molar-refractivity contribution < 1.29 is 4.52 Å². The van der Waals surface area contributed by atoms with Gasteiger partial charge in [-0.05, 0) is 70.7 Å². The molecule has 120 valence electrons. The third kappa shape index (κ3) is 5.30. The summed E-state index contributed by atoms with van der Waals surface area (Å²) >= 11 is 8.58. The summed E-state index contributed by atoms with van der Waals surface area (Å²) in [5.74, 6) is 0.842. The first kappa shape index (κ1) is 21.0. The van der Waals surface area contributed by atoms with Crippen molar-refractivity contribution >= 4 is 37.6 Å². The number of para-hydroxylation sites is 1. The van der Waals surface area contributed by atoms with Crippen LogP contribution in [-0.4, -0.2) is 15.5 Å². The minimum Gasteiger partial charge on any atom is -0.696 e. The molecule has 0 aromatic heterocycles. The van der Waals surface area contributed by atoms with Gasteiger partial charge in [-0.3, -0.25) is 0 Å².